The van der Waals surface area contributed by atoms with E-state index in [-0.39, 0.29) is 0 Å². The van der Waals surface area contributed by atoms with Gasteiger partial charge in [-0.2, -0.15) is 0 Å². The van der Waals surface area contributed by atoms with E-state index in [9.17, 15) is 4.79 Å². The Hall–Kier alpha value is -2.14. The number of carbonyl (C=O) groups is 1. The number of H-pyrrole nitrogens is 1. The van der Waals surface area contributed by atoms with E-state index in [1.54, 1.807) is 12.3 Å². The lowest BCUT2D eigenvalue weighted by Gasteiger charge is -1.98. The van der Waals surface area contributed by atoms with Crippen molar-refractivity contribution in [2.24, 2.45) is 5.73 Å². The van der Waals surface area contributed by atoms with Crippen molar-refractivity contribution in [2.45, 2.75) is 0 Å². The van der Waals surface area contributed by atoms with E-state index in [1.165, 1.54) is 11.3 Å². The first-order valence-corrected chi connectivity index (χ1v) is 5.95. The Bertz CT molecular complexity index is 698. The molecule has 0 radical (unpaired) electrons. The van der Waals surface area contributed by atoms with Crippen molar-refractivity contribution >= 4 is 28.3 Å². The molecule has 0 aliphatic rings. The van der Waals surface area contributed by atoms with Crippen molar-refractivity contribution in [1.82, 2.24) is 9.97 Å². The molecule has 0 aliphatic heterocycles. The number of carbonyl (C=O) groups excluding carboxylic acids is 1. The molecular formula is C12H9N3OS. The Morgan fingerprint density at radius 1 is 1.41 bits per heavy atom. The van der Waals surface area contributed by atoms with Crippen molar-refractivity contribution in [2.75, 3.05) is 0 Å². The van der Waals surface area contributed by atoms with E-state index in [1.807, 2.05) is 23.7 Å². The Balaban J connectivity index is 2.28. The number of nitrogens with two attached hydrogens (primary N) is 1. The predicted molar refractivity (Wildman–Crippen MR) is 67.9 cm³/mol. The molecule has 3 rings (SSSR count). The number of hydrogen-bond donors (Lipinski definition) is 2. The maximum atomic E-state index is 11.3. The number of pyridine rings is 1. The number of hydrogen-bond acceptors (Lipinski definition) is 3. The summed E-state index contributed by atoms with van der Waals surface area (Å²) in [6, 6.07) is 5.59. The SMILES string of the molecule is NC(=O)c1ccsc1-c1c[nH]c2ncccc12. The summed E-state index contributed by atoms with van der Waals surface area (Å²) in [5.74, 6) is -0.403. The number of aromatic amines is 1. The third kappa shape index (κ3) is 1.52. The predicted octanol–water partition coefficient (Wildman–Crippen LogP) is 2.39. The molecule has 3 N–H and O–H groups in total. The van der Waals surface area contributed by atoms with E-state index < -0.39 is 5.91 Å². The molecule has 4 nitrogen and oxygen atoms in total. The van der Waals surface area contributed by atoms with Gasteiger partial charge in [0.05, 0.1) is 5.56 Å². The van der Waals surface area contributed by atoms with Crippen LogP contribution in [-0.4, -0.2) is 15.9 Å². The smallest absolute Gasteiger partial charge is 0.250 e. The zero-order valence-corrected chi connectivity index (χ0v) is 9.62. The Morgan fingerprint density at radius 2 is 2.29 bits per heavy atom. The molecule has 3 aromatic rings. The number of thiophene rings is 1. The summed E-state index contributed by atoms with van der Waals surface area (Å²) < 4.78 is 0. The van der Waals surface area contributed by atoms with E-state index >= 15 is 0 Å². The van der Waals surface area contributed by atoms with E-state index in [0.29, 0.717) is 5.56 Å². The van der Waals surface area contributed by atoms with Gasteiger partial charge in [-0.1, -0.05) is 0 Å². The summed E-state index contributed by atoms with van der Waals surface area (Å²) in [7, 11) is 0. The third-order valence-corrected chi connectivity index (χ3v) is 3.57. The van der Waals surface area contributed by atoms with E-state index in [4.69, 9.17) is 5.73 Å². The standard InChI is InChI=1S/C12H9N3OS/c13-11(16)8-3-5-17-10(8)9-6-15-12-7(9)2-1-4-14-12/h1-6H,(H2,13,16)(H,14,15). The Labute approximate surface area is 101 Å². The number of primary amides is 1. The van der Waals surface area contributed by atoms with Crippen LogP contribution in [0.25, 0.3) is 21.5 Å². The largest absolute Gasteiger partial charge is 0.366 e. The van der Waals surface area contributed by atoms with Crippen LogP contribution in [0.3, 0.4) is 0 Å². The van der Waals surface area contributed by atoms with Gasteiger partial charge in [0.25, 0.3) is 0 Å². The maximum Gasteiger partial charge on any atom is 0.250 e. The maximum absolute atomic E-state index is 11.3. The van der Waals surface area contributed by atoms with Crippen molar-refractivity contribution < 1.29 is 4.79 Å². The molecule has 0 spiro atoms. The van der Waals surface area contributed by atoms with Crippen molar-refractivity contribution in [3.05, 3.63) is 41.5 Å². The van der Waals surface area contributed by atoms with Gasteiger partial charge < -0.3 is 10.7 Å². The number of amides is 1. The zero-order valence-electron chi connectivity index (χ0n) is 8.81. The van der Waals surface area contributed by atoms with Gasteiger partial charge in [0.2, 0.25) is 5.91 Å². The first kappa shape index (κ1) is 10.0. The number of nitrogens with zero attached hydrogens (tertiary/aromatic N) is 1. The quantitative estimate of drug-likeness (QED) is 0.725. The monoisotopic (exact) mass is 243 g/mol. The highest BCUT2D eigenvalue weighted by atomic mass is 32.1. The van der Waals surface area contributed by atoms with Gasteiger partial charge in [0.1, 0.15) is 5.65 Å². The molecule has 0 fully saturated rings. The molecule has 0 aromatic carbocycles. The van der Waals surface area contributed by atoms with Crippen LogP contribution in [0.2, 0.25) is 0 Å². The van der Waals surface area contributed by atoms with Crippen LogP contribution >= 0.6 is 11.3 Å². The topological polar surface area (TPSA) is 71.8 Å². The summed E-state index contributed by atoms with van der Waals surface area (Å²) >= 11 is 1.50. The van der Waals surface area contributed by atoms with Crippen molar-refractivity contribution in [3.63, 3.8) is 0 Å². The normalized spacial score (nSPS) is 10.8. The van der Waals surface area contributed by atoms with Gasteiger partial charge in [0.15, 0.2) is 0 Å². The molecule has 84 valence electrons. The van der Waals surface area contributed by atoms with Crippen LogP contribution in [0.5, 0.6) is 0 Å². The molecule has 0 aliphatic carbocycles. The highest BCUT2D eigenvalue weighted by Crippen LogP contribution is 2.34. The van der Waals surface area contributed by atoms with Gasteiger partial charge in [-0.25, -0.2) is 4.98 Å². The second-order valence-corrected chi connectivity index (χ2v) is 4.55. The van der Waals surface area contributed by atoms with Crippen LogP contribution < -0.4 is 5.73 Å². The number of aromatic nitrogens is 2. The first-order valence-electron chi connectivity index (χ1n) is 5.07. The lowest BCUT2D eigenvalue weighted by atomic mass is 10.1. The van der Waals surface area contributed by atoms with Crippen molar-refractivity contribution in [1.29, 1.82) is 0 Å². The highest BCUT2D eigenvalue weighted by Gasteiger charge is 2.14. The van der Waals surface area contributed by atoms with Crippen LogP contribution in [0.4, 0.5) is 0 Å². The minimum Gasteiger partial charge on any atom is -0.366 e. The summed E-state index contributed by atoms with van der Waals surface area (Å²) in [6.45, 7) is 0. The van der Waals surface area contributed by atoms with Crippen LogP contribution in [0.1, 0.15) is 10.4 Å². The van der Waals surface area contributed by atoms with Crippen molar-refractivity contribution in [3.8, 4) is 10.4 Å². The summed E-state index contributed by atoms with van der Waals surface area (Å²) in [5, 5.41) is 2.86. The highest BCUT2D eigenvalue weighted by molar-refractivity contribution is 7.14. The lowest BCUT2D eigenvalue weighted by molar-refractivity contribution is 0.100. The molecule has 0 bridgehead atoms. The summed E-state index contributed by atoms with van der Waals surface area (Å²) in [4.78, 5) is 19.5. The third-order valence-electron chi connectivity index (χ3n) is 2.63. The second-order valence-electron chi connectivity index (χ2n) is 3.63. The fourth-order valence-electron chi connectivity index (χ4n) is 1.86. The molecule has 0 saturated heterocycles. The van der Waals surface area contributed by atoms with Gasteiger partial charge in [-0.3, -0.25) is 4.79 Å². The number of fused-ring (bicyclic) bond motifs is 1. The fourth-order valence-corrected chi connectivity index (χ4v) is 2.79. The fraction of sp³-hybridized carbons (Fsp3) is 0. The van der Waals surface area contributed by atoms with Gasteiger partial charge >= 0.3 is 0 Å². The molecule has 0 atom stereocenters. The first-order chi connectivity index (χ1) is 8.27. The molecule has 1 amide bonds. The number of rotatable bonds is 2. The Morgan fingerprint density at radius 3 is 3.12 bits per heavy atom. The van der Waals surface area contributed by atoms with Crippen LogP contribution in [0.15, 0.2) is 36.0 Å². The average Bonchev–Trinajstić information content (AvgIpc) is 2.94. The lowest BCUT2D eigenvalue weighted by Crippen LogP contribution is -2.10. The molecule has 5 heteroatoms. The molecule has 3 heterocycles. The van der Waals surface area contributed by atoms with Crippen LogP contribution in [0, 0.1) is 0 Å². The minimum absolute atomic E-state index is 0.403. The van der Waals surface area contributed by atoms with E-state index in [0.717, 1.165) is 21.5 Å². The van der Waals surface area contributed by atoms with Crippen LogP contribution in [-0.2, 0) is 0 Å². The molecule has 0 unspecified atom stereocenters. The van der Waals surface area contributed by atoms with Gasteiger partial charge in [0, 0.05) is 28.2 Å². The molecule has 0 saturated carbocycles. The van der Waals surface area contributed by atoms with Gasteiger partial charge in [-0.05, 0) is 23.6 Å². The second kappa shape index (κ2) is 3.71. The Kier molecular flexibility index (Phi) is 2.19. The zero-order chi connectivity index (χ0) is 11.8. The average molecular weight is 243 g/mol. The summed E-state index contributed by atoms with van der Waals surface area (Å²) in [5.41, 5.74) is 7.69. The molecule has 3 aromatic heterocycles. The number of nitrogens with one attached hydrogen (secondary N) is 1. The molecule has 17 heavy (non-hydrogen) atoms. The summed E-state index contributed by atoms with van der Waals surface area (Å²) in [6.07, 6.45) is 3.59. The molecular weight excluding hydrogens is 234 g/mol. The minimum atomic E-state index is -0.403. The van der Waals surface area contributed by atoms with Gasteiger partial charge in [-0.15, -0.1) is 11.3 Å². The van der Waals surface area contributed by atoms with E-state index in [2.05, 4.69) is 9.97 Å².